The zero-order valence-corrected chi connectivity index (χ0v) is 6.36. The molecule has 3 nitrogen and oxygen atoms in total. The van der Waals surface area contributed by atoms with Crippen molar-refractivity contribution in [3.05, 3.63) is 0 Å². The molecule has 9 heavy (non-hydrogen) atoms. The van der Waals surface area contributed by atoms with Crippen LogP contribution in [0.25, 0.3) is 0 Å². The van der Waals surface area contributed by atoms with E-state index < -0.39 is 16.8 Å². The Labute approximate surface area is 56.8 Å². The zero-order valence-electron chi connectivity index (χ0n) is 5.55. The van der Waals surface area contributed by atoms with E-state index in [2.05, 4.69) is 4.74 Å². The highest BCUT2D eigenvalue weighted by Gasteiger charge is 2.02. The SMILES string of the molecule is CCOC(=O)CS(C)=O. The molecule has 0 aliphatic carbocycles. The minimum Gasteiger partial charge on any atom is -0.465 e. The second-order valence-electron chi connectivity index (χ2n) is 1.52. The Morgan fingerprint density at radius 3 is 2.56 bits per heavy atom. The fourth-order valence-electron chi connectivity index (χ4n) is 0.369. The van der Waals surface area contributed by atoms with E-state index in [0.29, 0.717) is 6.61 Å². The second kappa shape index (κ2) is 4.49. The van der Waals surface area contributed by atoms with Crippen LogP contribution >= 0.6 is 0 Å². The van der Waals surface area contributed by atoms with E-state index in [1.54, 1.807) is 6.92 Å². The van der Waals surface area contributed by atoms with Crippen LogP contribution in [0.1, 0.15) is 6.92 Å². The maximum Gasteiger partial charge on any atom is 0.318 e. The largest absolute Gasteiger partial charge is 0.465 e. The molecule has 0 saturated carbocycles. The van der Waals surface area contributed by atoms with Gasteiger partial charge in [-0.2, -0.15) is 0 Å². The monoisotopic (exact) mass is 150 g/mol. The van der Waals surface area contributed by atoms with Crippen LogP contribution in [0.5, 0.6) is 0 Å². The van der Waals surface area contributed by atoms with Crippen molar-refractivity contribution in [2.75, 3.05) is 18.6 Å². The molecule has 0 rings (SSSR count). The highest BCUT2D eigenvalue weighted by atomic mass is 32.2. The molecule has 4 heteroatoms. The number of hydrogen-bond donors (Lipinski definition) is 0. The Balaban J connectivity index is 3.39. The van der Waals surface area contributed by atoms with Gasteiger partial charge < -0.3 is 4.74 Å². The van der Waals surface area contributed by atoms with Gasteiger partial charge in [0, 0.05) is 17.1 Å². The average Bonchev–Trinajstić information content (AvgIpc) is 1.63. The molecule has 0 amide bonds. The Morgan fingerprint density at radius 1 is 1.67 bits per heavy atom. The quantitative estimate of drug-likeness (QED) is 0.529. The smallest absolute Gasteiger partial charge is 0.318 e. The summed E-state index contributed by atoms with van der Waals surface area (Å²) >= 11 is 0. The van der Waals surface area contributed by atoms with Gasteiger partial charge in [-0.25, -0.2) is 0 Å². The molecule has 1 atom stereocenters. The fourth-order valence-corrected chi connectivity index (χ4v) is 0.784. The first-order chi connectivity index (χ1) is 4.16. The van der Waals surface area contributed by atoms with Crippen LogP contribution in [0.2, 0.25) is 0 Å². The van der Waals surface area contributed by atoms with Gasteiger partial charge >= 0.3 is 5.97 Å². The Bertz CT molecular complexity index is 121. The van der Waals surface area contributed by atoms with Gasteiger partial charge in [0.2, 0.25) is 0 Å². The first-order valence-electron chi connectivity index (χ1n) is 2.62. The van der Waals surface area contributed by atoms with E-state index in [1.165, 1.54) is 6.26 Å². The number of hydrogen-bond acceptors (Lipinski definition) is 3. The average molecular weight is 150 g/mol. The van der Waals surface area contributed by atoms with Crippen molar-refractivity contribution in [3.63, 3.8) is 0 Å². The van der Waals surface area contributed by atoms with Crippen LogP contribution in [-0.4, -0.2) is 28.8 Å². The molecule has 0 aliphatic rings. The Morgan fingerprint density at radius 2 is 2.22 bits per heavy atom. The maximum atomic E-state index is 10.4. The van der Waals surface area contributed by atoms with Crippen molar-refractivity contribution in [2.45, 2.75) is 6.92 Å². The molecule has 0 spiro atoms. The molecule has 0 bridgehead atoms. The highest BCUT2D eigenvalue weighted by molar-refractivity contribution is 7.84. The van der Waals surface area contributed by atoms with Crippen molar-refractivity contribution in [3.8, 4) is 0 Å². The molecule has 54 valence electrons. The summed E-state index contributed by atoms with van der Waals surface area (Å²) < 4.78 is 14.9. The molecule has 0 radical (unpaired) electrons. The molecule has 0 aliphatic heterocycles. The minimum atomic E-state index is -1.07. The summed E-state index contributed by atoms with van der Waals surface area (Å²) in [5.41, 5.74) is 0. The summed E-state index contributed by atoms with van der Waals surface area (Å²) in [5.74, 6) is -0.383. The Hall–Kier alpha value is -0.380. The molecule has 1 unspecified atom stereocenters. The van der Waals surface area contributed by atoms with Crippen LogP contribution < -0.4 is 0 Å². The summed E-state index contributed by atoms with van der Waals surface area (Å²) in [4.78, 5) is 10.4. The van der Waals surface area contributed by atoms with Crippen LogP contribution in [0, 0.1) is 0 Å². The predicted octanol–water partition coefficient (Wildman–Crippen LogP) is -0.0720. The molecule has 0 aromatic carbocycles. The molecule has 0 saturated heterocycles. The van der Waals surface area contributed by atoms with Gasteiger partial charge in [0.25, 0.3) is 0 Å². The first kappa shape index (κ1) is 8.62. The number of esters is 1. The summed E-state index contributed by atoms with van der Waals surface area (Å²) in [5, 5.41) is 0. The zero-order chi connectivity index (χ0) is 7.28. The van der Waals surface area contributed by atoms with Crippen molar-refractivity contribution in [2.24, 2.45) is 0 Å². The van der Waals surface area contributed by atoms with Crippen molar-refractivity contribution in [1.82, 2.24) is 0 Å². The number of carbonyl (C=O) groups excluding carboxylic acids is 1. The lowest BCUT2D eigenvalue weighted by Crippen LogP contribution is -2.12. The lowest BCUT2D eigenvalue weighted by molar-refractivity contribution is -0.139. The van der Waals surface area contributed by atoms with Crippen LogP contribution in [-0.2, 0) is 20.3 Å². The van der Waals surface area contributed by atoms with Crippen LogP contribution in [0.3, 0.4) is 0 Å². The van der Waals surface area contributed by atoms with E-state index in [1.807, 2.05) is 0 Å². The molecule has 0 heterocycles. The van der Waals surface area contributed by atoms with Gasteiger partial charge in [-0.15, -0.1) is 0 Å². The van der Waals surface area contributed by atoms with Crippen molar-refractivity contribution >= 4 is 16.8 Å². The standard InChI is InChI=1S/C5H10O3S/c1-3-8-5(6)4-9(2)7/h3-4H2,1-2H3. The van der Waals surface area contributed by atoms with E-state index >= 15 is 0 Å². The van der Waals surface area contributed by atoms with Crippen molar-refractivity contribution < 1.29 is 13.7 Å². The normalized spacial score (nSPS) is 12.7. The number of carbonyl (C=O) groups is 1. The van der Waals surface area contributed by atoms with E-state index in [9.17, 15) is 9.00 Å². The van der Waals surface area contributed by atoms with Crippen molar-refractivity contribution in [1.29, 1.82) is 0 Å². The number of ether oxygens (including phenoxy) is 1. The third-order valence-electron chi connectivity index (χ3n) is 0.626. The van der Waals surface area contributed by atoms with Crippen LogP contribution in [0.15, 0.2) is 0 Å². The molecule has 0 N–H and O–H groups in total. The van der Waals surface area contributed by atoms with Gasteiger partial charge in [-0.05, 0) is 6.92 Å². The first-order valence-corrected chi connectivity index (χ1v) is 4.35. The maximum absolute atomic E-state index is 10.4. The van der Waals surface area contributed by atoms with Gasteiger partial charge in [0.15, 0.2) is 0 Å². The molecule has 0 aromatic heterocycles. The molecule has 0 fully saturated rings. The summed E-state index contributed by atoms with van der Waals surface area (Å²) in [6, 6.07) is 0. The summed E-state index contributed by atoms with van der Waals surface area (Å²) in [6.07, 6.45) is 1.47. The van der Waals surface area contributed by atoms with Gasteiger partial charge in [0.1, 0.15) is 5.75 Å². The van der Waals surface area contributed by atoms with E-state index in [4.69, 9.17) is 0 Å². The second-order valence-corrected chi connectivity index (χ2v) is 2.96. The van der Waals surface area contributed by atoms with E-state index in [0.717, 1.165) is 0 Å². The van der Waals surface area contributed by atoms with Crippen LogP contribution in [0.4, 0.5) is 0 Å². The highest BCUT2D eigenvalue weighted by Crippen LogP contribution is 1.80. The predicted molar refractivity (Wildman–Crippen MR) is 35.6 cm³/mol. The third-order valence-corrected chi connectivity index (χ3v) is 1.27. The van der Waals surface area contributed by atoms with E-state index in [-0.39, 0.29) is 5.75 Å². The van der Waals surface area contributed by atoms with Gasteiger partial charge in [-0.3, -0.25) is 9.00 Å². The third kappa shape index (κ3) is 5.49. The summed E-state index contributed by atoms with van der Waals surface area (Å²) in [6.45, 7) is 2.08. The summed E-state index contributed by atoms with van der Waals surface area (Å²) in [7, 11) is -1.07. The molecular weight excluding hydrogens is 140 g/mol. The number of rotatable bonds is 3. The lowest BCUT2D eigenvalue weighted by atomic mass is 10.8. The molecular formula is C5H10O3S. The lowest BCUT2D eigenvalue weighted by Gasteiger charge is -1.96. The van der Waals surface area contributed by atoms with Gasteiger partial charge in [-0.1, -0.05) is 0 Å². The topological polar surface area (TPSA) is 43.4 Å². The minimum absolute atomic E-state index is 0.00778. The Kier molecular flexibility index (Phi) is 4.30. The van der Waals surface area contributed by atoms with Gasteiger partial charge in [0.05, 0.1) is 6.61 Å². The fraction of sp³-hybridized carbons (Fsp3) is 0.800. The molecule has 0 aromatic rings.